The van der Waals surface area contributed by atoms with Crippen LogP contribution in [0.5, 0.6) is 0 Å². The molecule has 0 saturated heterocycles. The van der Waals surface area contributed by atoms with Gasteiger partial charge < -0.3 is 10.8 Å². The summed E-state index contributed by atoms with van der Waals surface area (Å²) in [7, 11) is 1.62. The van der Waals surface area contributed by atoms with E-state index >= 15 is 0 Å². The van der Waals surface area contributed by atoms with Crippen LogP contribution in [-0.2, 0) is 7.05 Å². The third-order valence-corrected chi connectivity index (χ3v) is 2.96. The highest BCUT2D eigenvalue weighted by Gasteiger charge is 2.20. The summed E-state index contributed by atoms with van der Waals surface area (Å²) < 4.78 is 2.28. The van der Waals surface area contributed by atoms with Crippen molar-refractivity contribution < 1.29 is 9.90 Å². The Morgan fingerprint density at radius 3 is 2.53 bits per heavy atom. The van der Waals surface area contributed by atoms with Crippen molar-refractivity contribution in [1.29, 1.82) is 0 Å². The van der Waals surface area contributed by atoms with Crippen molar-refractivity contribution in [1.82, 2.24) is 9.78 Å². The molecule has 0 aliphatic carbocycles. The maximum absolute atomic E-state index is 11.1. The van der Waals surface area contributed by atoms with Crippen LogP contribution in [0.25, 0.3) is 11.1 Å². The van der Waals surface area contributed by atoms with E-state index in [1.165, 1.54) is 4.68 Å². The van der Waals surface area contributed by atoms with Crippen molar-refractivity contribution in [2.75, 3.05) is 5.73 Å². The largest absolute Gasteiger partial charge is 0.476 e. The number of carboxylic acids is 1. The van der Waals surface area contributed by atoms with Gasteiger partial charge in [-0.15, -0.1) is 0 Å². The molecule has 1 aromatic carbocycles. The Morgan fingerprint density at radius 2 is 2.00 bits per heavy atom. The van der Waals surface area contributed by atoms with Gasteiger partial charge >= 0.3 is 5.97 Å². The number of carbonyl (C=O) groups is 1. The normalized spacial score (nSPS) is 10.5. The first kappa shape index (κ1) is 11.7. The molecule has 0 radical (unpaired) electrons. The van der Waals surface area contributed by atoms with Gasteiger partial charge in [0.1, 0.15) is 5.82 Å². The highest BCUT2D eigenvalue weighted by molar-refractivity contribution is 9.10. The SMILES string of the molecule is Cn1nc(C(=O)O)c(-c2ccc(Br)cc2)c1N. The molecule has 0 unspecified atom stereocenters. The molecule has 0 bridgehead atoms. The molecule has 0 saturated carbocycles. The lowest BCUT2D eigenvalue weighted by Gasteiger charge is -2.02. The second-order valence-electron chi connectivity index (χ2n) is 3.54. The van der Waals surface area contributed by atoms with Gasteiger partial charge in [-0.25, -0.2) is 4.79 Å². The van der Waals surface area contributed by atoms with Crippen LogP contribution in [0.4, 0.5) is 5.82 Å². The Morgan fingerprint density at radius 1 is 1.41 bits per heavy atom. The number of halogens is 1. The molecule has 0 atom stereocenters. The van der Waals surface area contributed by atoms with Crippen molar-refractivity contribution in [3.05, 3.63) is 34.4 Å². The van der Waals surface area contributed by atoms with Gasteiger partial charge in [0.15, 0.2) is 5.69 Å². The summed E-state index contributed by atoms with van der Waals surface area (Å²) >= 11 is 3.32. The van der Waals surface area contributed by atoms with Crippen LogP contribution >= 0.6 is 15.9 Å². The van der Waals surface area contributed by atoms with E-state index in [9.17, 15) is 4.79 Å². The van der Waals surface area contributed by atoms with E-state index in [0.29, 0.717) is 11.4 Å². The molecular formula is C11H10BrN3O2. The van der Waals surface area contributed by atoms with Crippen molar-refractivity contribution >= 4 is 27.7 Å². The Hall–Kier alpha value is -1.82. The standard InChI is InChI=1S/C11H10BrN3O2/c1-15-10(13)8(9(14-15)11(16)17)6-2-4-7(12)5-3-6/h2-5H,13H2,1H3,(H,16,17). The summed E-state index contributed by atoms with van der Waals surface area (Å²) in [5.74, 6) is -0.750. The summed E-state index contributed by atoms with van der Waals surface area (Å²) in [6.45, 7) is 0. The van der Waals surface area contributed by atoms with Gasteiger partial charge in [-0.3, -0.25) is 4.68 Å². The lowest BCUT2D eigenvalue weighted by atomic mass is 10.1. The van der Waals surface area contributed by atoms with Crippen molar-refractivity contribution in [2.45, 2.75) is 0 Å². The molecule has 1 heterocycles. The fourth-order valence-corrected chi connectivity index (χ4v) is 1.85. The van der Waals surface area contributed by atoms with Gasteiger partial charge in [-0.2, -0.15) is 5.10 Å². The third-order valence-electron chi connectivity index (χ3n) is 2.43. The number of benzene rings is 1. The second-order valence-corrected chi connectivity index (χ2v) is 4.46. The van der Waals surface area contributed by atoms with Crippen LogP contribution in [0.2, 0.25) is 0 Å². The number of aromatic carboxylic acids is 1. The van der Waals surface area contributed by atoms with Gasteiger partial charge in [0, 0.05) is 11.5 Å². The fraction of sp³-hybridized carbons (Fsp3) is 0.0909. The summed E-state index contributed by atoms with van der Waals surface area (Å²) in [5, 5.41) is 13.0. The number of nitrogens with two attached hydrogens (primary N) is 1. The molecular weight excluding hydrogens is 286 g/mol. The Bertz CT molecular complexity index is 575. The molecule has 0 spiro atoms. The maximum atomic E-state index is 11.1. The van der Waals surface area contributed by atoms with Gasteiger partial charge in [0.2, 0.25) is 0 Å². The quantitative estimate of drug-likeness (QED) is 0.889. The summed E-state index contributed by atoms with van der Waals surface area (Å²) in [5.41, 5.74) is 6.99. The van der Waals surface area contributed by atoms with Gasteiger partial charge in [-0.05, 0) is 17.7 Å². The molecule has 17 heavy (non-hydrogen) atoms. The van der Waals surface area contributed by atoms with E-state index in [0.717, 1.165) is 10.0 Å². The highest BCUT2D eigenvalue weighted by atomic mass is 79.9. The molecule has 88 valence electrons. The Kier molecular flexibility index (Phi) is 2.89. The maximum Gasteiger partial charge on any atom is 0.357 e. The fourth-order valence-electron chi connectivity index (χ4n) is 1.59. The van der Waals surface area contributed by atoms with Gasteiger partial charge in [0.25, 0.3) is 0 Å². The van der Waals surface area contributed by atoms with Crippen LogP contribution in [0.15, 0.2) is 28.7 Å². The molecule has 5 nitrogen and oxygen atoms in total. The number of rotatable bonds is 2. The molecule has 0 fully saturated rings. The molecule has 2 rings (SSSR count). The van der Waals surface area contributed by atoms with E-state index < -0.39 is 5.97 Å². The zero-order chi connectivity index (χ0) is 12.6. The molecule has 0 aliphatic rings. The van der Waals surface area contributed by atoms with Crippen molar-refractivity contribution in [2.24, 2.45) is 7.05 Å². The number of nitrogens with zero attached hydrogens (tertiary/aromatic N) is 2. The van der Waals surface area contributed by atoms with Gasteiger partial charge in [-0.1, -0.05) is 28.1 Å². The number of hydrogen-bond donors (Lipinski definition) is 2. The zero-order valence-electron chi connectivity index (χ0n) is 9.01. The average molecular weight is 296 g/mol. The number of aromatic nitrogens is 2. The molecule has 2 aromatic rings. The van der Waals surface area contributed by atoms with E-state index in [1.807, 2.05) is 12.1 Å². The minimum atomic E-state index is -1.09. The monoisotopic (exact) mass is 295 g/mol. The van der Waals surface area contributed by atoms with E-state index in [2.05, 4.69) is 21.0 Å². The van der Waals surface area contributed by atoms with Crippen molar-refractivity contribution in [3.8, 4) is 11.1 Å². The second kappa shape index (κ2) is 4.21. The van der Waals surface area contributed by atoms with Crippen LogP contribution in [0, 0.1) is 0 Å². The van der Waals surface area contributed by atoms with Crippen molar-refractivity contribution in [3.63, 3.8) is 0 Å². The molecule has 0 amide bonds. The number of aryl methyl sites for hydroxylation is 1. The Labute approximate surface area is 106 Å². The Balaban J connectivity index is 2.65. The third kappa shape index (κ3) is 2.03. The first-order chi connectivity index (χ1) is 8.00. The lowest BCUT2D eigenvalue weighted by molar-refractivity contribution is 0.0690. The van der Waals surface area contributed by atoms with Gasteiger partial charge in [0.05, 0.1) is 5.56 Å². The number of anilines is 1. The topological polar surface area (TPSA) is 81.1 Å². The molecule has 1 aromatic heterocycles. The van der Waals surface area contributed by atoms with E-state index in [-0.39, 0.29) is 5.69 Å². The van der Waals surface area contributed by atoms with E-state index in [1.54, 1.807) is 19.2 Å². The molecule has 0 aliphatic heterocycles. The average Bonchev–Trinajstić information content (AvgIpc) is 2.57. The minimum absolute atomic E-state index is 0.0349. The zero-order valence-corrected chi connectivity index (χ0v) is 10.6. The number of carboxylic acid groups (broad SMARTS) is 1. The lowest BCUT2D eigenvalue weighted by Crippen LogP contribution is -2.00. The van der Waals surface area contributed by atoms with Crippen LogP contribution in [0.3, 0.4) is 0 Å². The summed E-state index contributed by atoms with van der Waals surface area (Å²) in [4.78, 5) is 11.1. The summed E-state index contributed by atoms with van der Waals surface area (Å²) in [6, 6.07) is 7.24. The van der Waals surface area contributed by atoms with Crippen LogP contribution < -0.4 is 5.73 Å². The minimum Gasteiger partial charge on any atom is -0.476 e. The molecule has 3 N–H and O–H groups in total. The smallest absolute Gasteiger partial charge is 0.357 e. The first-order valence-corrected chi connectivity index (χ1v) is 5.61. The van der Waals surface area contributed by atoms with E-state index in [4.69, 9.17) is 10.8 Å². The predicted octanol–water partition coefficient (Wildman–Crippen LogP) is 2.13. The highest BCUT2D eigenvalue weighted by Crippen LogP contribution is 2.30. The molecule has 6 heteroatoms. The predicted molar refractivity (Wildman–Crippen MR) is 67.7 cm³/mol. The van der Waals surface area contributed by atoms with Crippen LogP contribution in [0.1, 0.15) is 10.5 Å². The first-order valence-electron chi connectivity index (χ1n) is 4.82. The summed E-state index contributed by atoms with van der Waals surface area (Å²) in [6.07, 6.45) is 0. The van der Waals surface area contributed by atoms with Crippen LogP contribution in [-0.4, -0.2) is 20.9 Å². The number of hydrogen-bond acceptors (Lipinski definition) is 3. The number of nitrogen functional groups attached to an aromatic ring is 1.